The van der Waals surface area contributed by atoms with E-state index in [-0.39, 0.29) is 17.3 Å². The van der Waals surface area contributed by atoms with Crippen LogP contribution in [0.1, 0.15) is 0 Å². The Morgan fingerprint density at radius 3 is 2.76 bits per heavy atom. The van der Waals surface area contributed by atoms with Gasteiger partial charge in [-0.3, -0.25) is 10.1 Å². The van der Waals surface area contributed by atoms with Crippen LogP contribution < -0.4 is 16.2 Å². The Kier molecular flexibility index (Phi) is 4.10. The summed E-state index contributed by atoms with van der Waals surface area (Å²) in [7, 11) is 1.29. The zero-order valence-corrected chi connectivity index (χ0v) is 8.93. The van der Waals surface area contributed by atoms with Crippen LogP contribution in [0.3, 0.4) is 0 Å². The lowest BCUT2D eigenvalue weighted by Crippen LogP contribution is -2.26. The van der Waals surface area contributed by atoms with Gasteiger partial charge in [-0.2, -0.15) is 0 Å². The zero-order valence-electron chi connectivity index (χ0n) is 8.93. The minimum Gasteiger partial charge on any atom is -0.348 e. The van der Waals surface area contributed by atoms with E-state index in [1.807, 2.05) is 0 Å². The first-order chi connectivity index (χ1) is 7.95. The van der Waals surface area contributed by atoms with E-state index in [1.165, 1.54) is 13.1 Å². The standard InChI is InChI=1S/C8H11F2N5O2/c1-14(4-6(9)10)8-5(15(16)17)2-3-7(12-8)13-11/h2-3,6H,4,11H2,1H3,(H,12,13). The summed E-state index contributed by atoms with van der Waals surface area (Å²) < 4.78 is 24.4. The maximum absolute atomic E-state index is 12.2. The highest BCUT2D eigenvalue weighted by atomic mass is 19.3. The molecule has 0 radical (unpaired) electrons. The van der Waals surface area contributed by atoms with E-state index in [0.29, 0.717) is 0 Å². The first-order valence-electron chi connectivity index (χ1n) is 4.57. The fourth-order valence-corrected chi connectivity index (χ4v) is 1.24. The van der Waals surface area contributed by atoms with Gasteiger partial charge >= 0.3 is 5.69 Å². The molecule has 1 aromatic heterocycles. The molecule has 1 heterocycles. The van der Waals surface area contributed by atoms with Crippen LogP contribution in [0.15, 0.2) is 12.1 Å². The highest BCUT2D eigenvalue weighted by Crippen LogP contribution is 2.26. The van der Waals surface area contributed by atoms with Gasteiger partial charge in [0.25, 0.3) is 6.43 Å². The molecule has 0 aromatic carbocycles. The van der Waals surface area contributed by atoms with Gasteiger partial charge in [0, 0.05) is 13.1 Å². The number of rotatable bonds is 5. The molecule has 1 aromatic rings. The predicted molar refractivity (Wildman–Crippen MR) is 58.0 cm³/mol. The molecule has 1 rings (SSSR count). The lowest BCUT2D eigenvalue weighted by Gasteiger charge is -2.17. The number of nitrogens with zero attached hydrogens (tertiary/aromatic N) is 3. The van der Waals surface area contributed by atoms with Gasteiger partial charge in [0.15, 0.2) is 0 Å². The van der Waals surface area contributed by atoms with Crippen molar-refractivity contribution in [1.29, 1.82) is 0 Å². The second-order valence-corrected chi connectivity index (χ2v) is 3.21. The number of halogens is 2. The molecule has 94 valence electrons. The van der Waals surface area contributed by atoms with Crippen molar-refractivity contribution in [1.82, 2.24) is 4.98 Å². The Morgan fingerprint density at radius 2 is 2.29 bits per heavy atom. The van der Waals surface area contributed by atoms with Crippen molar-refractivity contribution in [2.24, 2.45) is 5.84 Å². The number of nitro groups is 1. The normalized spacial score (nSPS) is 10.4. The van der Waals surface area contributed by atoms with Crippen molar-refractivity contribution in [2.75, 3.05) is 23.9 Å². The van der Waals surface area contributed by atoms with Crippen molar-refractivity contribution in [2.45, 2.75) is 6.43 Å². The van der Waals surface area contributed by atoms with Gasteiger partial charge < -0.3 is 10.3 Å². The zero-order chi connectivity index (χ0) is 13.0. The molecule has 0 aliphatic carbocycles. The smallest absolute Gasteiger partial charge is 0.311 e. The lowest BCUT2D eigenvalue weighted by atomic mass is 10.3. The van der Waals surface area contributed by atoms with Crippen LogP contribution in [0, 0.1) is 10.1 Å². The van der Waals surface area contributed by atoms with Gasteiger partial charge in [-0.1, -0.05) is 0 Å². The largest absolute Gasteiger partial charge is 0.348 e. The van der Waals surface area contributed by atoms with Crippen molar-refractivity contribution >= 4 is 17.3 Å². The fraction of sp³-hybridized carbons (Fsp3) is 0.375. The molecule has 0 atom stereocenters. The number of alkyl halides is 2. The van der Waals surface area contributed by atoms with E-state index in [1.54, 1.807) is 0 Å². The summed E-state index contributed by atoms with van der Waals surface area (Å²) in [4.78, 5) is 14.8. The van der Waals surface area contributed by atoms with E-state index < -0.39 is 17.9 Å². The fourth-order valence-electron chi connectivity index (χ4n) is 1.24. The monoisotopic (exact) mass is 247 g/mol. The van der Waals surface area contributed by atoms with Crippen LogP contribution in [-0.2, 0) is 0 Å². The number of anilines is 2. The summed E-state index contributed by atoms with van der Waals surface area (Å²) >= 11 is 0. The van der Waals surface area contributed by atoms with Crippen LogP contribution >= 0.6 is 0 Å². The molecule has 0 saturated heterocycles. The number of nitrogens with two attached hydrogens (primary N) is 1. The summed E-state index contributed by atoms with van der Waals surface area (Å²) in [5.41, 5.74) is 1.84. The number of hydrazine groups is 1. The SMILES string of the molecule is CN(CC(F)F)c1nc(NN)ccc1[N+](=O)[O-]. The first kappa shape index (κ1) is 13.0. The third kappa shape index (κ3) is 3.21. The number of aromatic nitrogens is 1. The van der Waals surface area contributed by atoms with Crippen molar-refractivity contribution in [3.63, 3.8) is 0 Å². The molecule has 9 heteroatoms. The number of hydrogen-bond acceptors (Lipinski definition) is 6. The number of nitrogens with one attached hydrogen (secondary N) is 1. The number of pyridine rings is 1. The van der Waals surface area contributed by atoms with Crippen LogP contribution in [0.4, 0.5) is 26.1 Å². The van der Waals surface area contributed by atoms with Gasteiger partial charge in [-0.05, 0) is 6.07 Å². The first-order valence-corrected chi connectivity index (χ1v) is 4.57. The van der Waals surface area contributed by atoms with Gasteiger partial charge in [0.1, 0.15) is 5.82 Å². The Balaban J connectivity index is 3.12. The van der Waals surface area contributed by atoms with Crippen LogP contribution in [-0.4, -0.2) is 29.9 Å². The lowest BCUT2D eigenvalue weighted by molar-refractivity contribution is -0.384. The number of nitrogen functional groups attached to an aromatic ring is 1. The second-order valence-electron chi connectivity index (χ2n) is 3.21. The number of hydrogen-bond donors (Lipinski definition) is 2. The Labute approximate surface area is 95.3 Å². The van der Waals surface area contributed by atoms with Crippen LogP contribution in [0.5, 0.6) is 0 Å². The molecule has 0 aliphatic heterocycles. The van der Waals surface area contributed by atoms with E-state index >= 15 is 0 Å². The third-order valence-electron chi connectivity index (χ3n) is 1.97. The Bertz CT molecular complexity index is 415. The molecule has 17 heavy (non-hydrogen) atoms. The average Bonchev–Trinajstić information content (AvgIpc) is 2.27. The maximum Gasteiger partial charge on any atom is 0.311 e. The van der Waals surface area contributed by atoms with Crippen LogP contribution in [0.25, 0.3) is 0 Å². The minimum absolute atomic E-state index is 0.159. The van der Waals surface area contributed by atoms with Crippen molar-refractivity contribution in [3.05, 3.63) is 22.2 Å². The molecule has 0 unspecified atom stereocenters. The quantitative estimate of drug-likeness (QED) is 0.457. The van der Waals surface area contributed by atoms with Crippen LogP contribution in [0.2, 0.25) is 0 Å². The molecule has 0 amide bonds. The molecule has 0 fully saturated rings. The highest BCUT2D eigenvalue weighted by Gasteiger charge is 2.21. The van der Waals surface area contributed by atoms with E-state index in [9.17, 15) is 18.9 Å². The molecule has 0 saturated carbocycles. The van der Waals surface area contributed by atoms with Gasteiger partial charge in [-0.15, -0.1) is 0 Å². The topological polar surface area (TPSA) is 97.3 Å². The highest BCUT2D eigenvalue weighted by molar-refractivity contribution is 5.61. The van der Waals surface area contributed by atoms with Crippen molar-refractivity contribution in [3.8, 4) is 0 Å². The van der Waals surface area contributed by atoms with Gasteiger partial charge in [0.2, 0.25) is 5.82 Å². The molecule has 0 bridgehead atoms. The van der Waals surface area contributed by atoms with E-state index in [4.69, 9.17) is 5.84 Å². The Hall–Kier alpha value is -2.03. The van der Waals surface area contributed by atoms with Gasteiger partial charge in [-0.25, -0.2) is 19.6 Å². The molecular weight excluding hydrogens is 236 g/mol. The Morgan fingerprint density at radius 1 is 1.65 bits per heavy atom. The molecule has 3 N–H and O–H groups in total. The summed E-state index contributed by atoms with van der Waals surface area (Å²) in [6.07, 6.45) is -2.61. The molecule has 0 spiro atoms. The second kappa shape index (κ2) is 5.34. The van der Waals surface area contributed by atoms with E-state index in [0.717, 1.165) is 11.0 Å². The predicted octanol–water partition coefficient (Wildman–Crippen LogP) is 0.977. The van der Waals surface area contributed by atoms with Crippen molar-refractivity contribution < 1.29 is 13.7 Å². The van der Waals surface area contributed by atoms with Gasteiger partial charge in [0.05, 0.1) is 11.5 Å². The summed E-state index contributed by atoms with van der Waals surface area (Å²) in [6, 6.07) is 2.44. The molecule has 0 aliphatic rings. The minimum atomic E-state index is -2.61. The van der Waals surface area contributed by atoms with E-state index in [2.05, 4.69) is 10.4 Å². The summed E-state index contributed by atoms with van der Waals surface area (Å²) in [5.74, 6) is 5.09. The third-order valence-corrected chi connectivity index (χ3v) is 1.97. The molecule has 7 nitrogen and oxygen atoms in total. The molecular formula is C8H11F2N5O2. The average molecular weight is 247 g/mol. The maximum atomic E-state index is 12.2. The summed E-state index contributed by atoms with van der Waals surface area (Å²) in [6.45, 7) is -0.651. The summed E-state index contributed by atoms with van der Waals surface area (Å²) in [5, 5.41) is 10.7.